The third-order valence-electron chi connectivity index (χ3n) is 8.88. The summed E-state index contributed by atoms with van der Waals surface area (Å²) in [6.45, 7) is 34.5. The van der Waals surface area contributed by atoms with Crippen LogP contribution in [0, 0.1) is 29.6 Å². The summed E-state index contributed by atoms with van der Waals surface area (Å²) in [5.74, 6) is 4.56. The van der Waals surface area contributed by atoms with Crippen LogP contribution in [0.2, 0.25) is 0 Å². The molecule has 0 spiro atoms. The molecule has 0 bridgehead atoms. The average molecular weight is 480 g/mol. The second-order valence-corrected chi connectivity index (χ2v) is 13.4. The highest BCUT2D eigenvalue weighted by atomic mass is 15.2. The number of hydrogen-bond donors (Lipinski definition) is 0. The molecule has 0 aromatic heterocycles. The molecule has 34 heavy (non-hydrogen) atoms. The standard InChI is InChI=1S/2C11H23N.C9H19N/c1-9(2)11-5-7-12(8-6-11)10(3)4;1-9(2)11-7-5-6-8-12(11)10(3)4;1-7(2)9-5-10(6-9)8(3)4/h2*9-11H,5-8H2,1-4H3;7-9H,5-6H2,1-4H3. The van der Waals surface area contributed by atoms with E-state index in [1.54, 1.807) is 0 Å². The summed E-state index contributed by atoms with van der Waals surface area (Å²) in [5.41, 5.74) is 0. The molecule has 0 aliphatic carbocycles. The monoisotopic (exact) mass is 480 g/mol. The van der Waals surface area contributed by atoms with Crippen LogP contribution in [0.4, 0.5) is 0 Å². The highest BCUT2D eigenvalue weighted by Gasteiger charge is 2.30. The second-order valence-electron chi connectivity index (χ2n) is 13.4. The van der Waals surface area contributed by atoms with Crippen molar-refractivity contribution < 1.29 is 0 Å². The summed E-state index contributed by atoms with van der Waals surface area (Å²) < 4.78 is 0. The molecule has 3 aliphatic rings. The van der Waals surface area contributed by atoms with Crippen LogP contribution < -0.4 is 0 Å². The van der Waals surface area contributed by atoms with Gasteiger partial charge in [-0.1, -0.05) is 48.0 Å². The molecular weight excluding hydrogens is 414 g/mol. The zero-order valence-corrected chi connectivity index (χ0v) is 25.6. The van der Waals surface area contributed by atoms with Gasteiger partial charge in [0.1, 0.15) is 0 Å². The Bertz CT molecular complexity index is 453. The molecule has 3 rings (SSSR count). The smallest absolute Gasteiger partial charge is 0.0121 e. The summed E-state index contributed by atoms with van der Waals surface area (Å²) in [4.78, 5) is 7.80. The molecule has 0 amide bonds. The maximum atomic E-state index is 2.67. The lowest BCUT2D eigenvalue weighted by Gasteiger charge is -2.44. The van der Waals surface area contributed by atoms with E-state index in [4.69, 9.17) is 0 Å². The molecule has 0 N–H and O–H groups in total. The van der Waals surface area contributed by atoms with Gasteiger partial charge in [-0.25, -0.2) is 0 Å². The van der Waals surface area contributed by atoms with Gasteiger partial charge in [-0.3, -0.25) is 4.90 Å². The summed E-state index contributed by atoms with van der Waals surface area (Å²) in [6, 6.07) is 3.09. The number of piperidine rings is 2. The Balaban J connectivity index is 0.000000256. The van der Waals surface area contributed by atoms with Crippen LogP contribution in [0.5, 0.6) is 0 Å². The fraction of sp³-hybridized carbons (Fsp3) is 1.00. The van der Waals surface area contributed by atoms with Crippen LogP contribution in [0.15, 0.2) is 0 Å². The summed E-state index contributed by atoms with van der Waals surface area (Å²) >= 11 is 0. The molecule has 0 radical (unpaired) electrons. The molecule has 3 heteroatoms. The van der Waals surface area contributed by atoms with Gasteiger partial charge in [0.25, 0.3) is 0 Å². The Morgan fingerprint density at radius 1 is 0.471 bits per heavy atom. The first-order chi connectivity index (χ1) is 15.8. The Labute approximate surface area is 216 Å². The molecule has 0 aromatic rings. The van der Waals surface area contributed by atoms with E-state index in [2.05, 4.69) is 97.8 Å². The first kappa shape index (κ1) is 31.9. The normalized spacial score (nSPS) is 24.0. The molecule has 0 aromatic carbocycles. The van der Waals surface area contributed by atoms with Gasteiger partial charge in [0.15, 0.2) is 0 Å². The Morgan fingerprint density at radius 2 is 0.971 bits per heavy atom. The van der Waals surface area contributed by atoms with E-state index in [9.17, 15) is 0 Å². The van der Waals surface area contributed by atoms with Crippen molar-refractivity contribution in [2.75, 3.05) is 32.7 Å². The lowest BCUT2D eigenvalue weighted by atomic mass is 9.86. The van der Waals surface area contributed by atoms with E-state index in [1.165, 1.54) is 64.8 Å². The fourth-order valence-corrected chi connectivity index (χ4v) is 5.83. The topological polar surface area (TPSA) is 9.72 Å². The van der Waals surface area contributed by atoms with E-state index in [1.807, 2.05) is 0 Å². The van der Waals surface area contributed by atoms with Crippen molar-refractivity contribution in [2.24, 2.45) is 29.6 Å². The van der Waals surface area contributed by atoms with Crippen molar-refractivity contribution in [1.82, 2.24) is 14.7 Å². The van der Waals surface area contributed by atoms with Gasteiger partial charge in [0.05, 0.1) is 0 Å². The summed E-state index contributed by atoms with van der Waals surface area (Å²) in [5, 5.41) is 0. The van der Waals surface area contributed by atoms with Gasteiger partial charge >= 0.3 is 0 Å². The van der Waals surface area contributed by atoms with Gasteiger partial charge in [0, 0.05) is 37.3 Å². The molecular formula is C31H65N3. The molecule has 3 saturated heterocycles. The van der Waals surface area contributed by atoms with E-state index >= 15 is 0 Å². The lowest BCUT2D eigenvalue weighted by Crippen LogP contribution is -2.51. The SMILES string of the molecule is CC(C)C1CCCCN1C(C)C.CC(C)C1CCN(C(C)C)CC1.CC(C)C1CN(C(C)C)C1. The van der Waals surface area contributed by atoms with Crippen LogP contribution >= 0.6 is 0 Å². The summed E-state index contributed by atoms with van der Waals surface area (Å²) in [7, 11) is 0. The highest BCUT2D eigenvalue weighted by molar-refractivity contribution is 4.83. The molecule has 204 valence electrons. The molecule has 3 aliphatic heterocycles. The van der Waals surface area contributed by atoms with E-state index < -0.39 is 0 Å². The van der Waals surface area contributed by atoms with E-state index in [0.717, 1.165) is 53.8 Å². The Kier molecular flexibility index (Phi) is 14.9. The molecule has 1 unspecified atom stereocenters. The second kappa shape index (κ2) is 15.9. The fourth-order valence-electron chi connectivity index (χ4n) is 5.83. The van der Waals surface area contributed by atoms with Gasteiger partial charge in [-0.2, -0.15) is 0 Å². The molecule has 3 fully saturated rings. The first-order valence-corrected chi connectivity index (χ1v) is 15.1. The maximum Gasteiger partial charge on any atom is 0.0121 e. The van der Waals surface area contributed by atoms with Gasteiger partial charge in [-0.05, 0) is 116 Å². The van der Waals surface area contributed by atoms with Crippen LogP contribution in [-0.2, 0) is 0 Å². The molecule has 1 atom stereocenters. The van der Waals surface area contributed by atoms with Crippen LogP contribution in [0.1, 0.15) is 115 Å². The minimum atomic E-state index is 0.734. The highest BCUT2D eigenvalue weighted by Crippen LogP contribution is 2.26. The average Bonchev–Trinajstić information content (AvgIpc) is 2.73. The van der Waals surface area contributed by atoms with Crippen molar-refractivity contribution >= 4 is 0 Å². The first-order valence-electron chi connectivity index (χ1n) is 15.1. The zero-order chi connectivity index (χ0) is 26.0. The maximum absolute atomic E-state index is 2.67. The van der Waals surface area contributed by atoms with Crippen molar-refractivity contribution in [3.05, 3.63) is 0 Å². The van der Waals surface area contributed by atoms with Crippen LogP contribution in [0.25, 0.3) is 0 Å². The minimum Gasteiger partial charge on any atom is -0.301 e. The quantitative estimate of drug-likeness (QED) is 0.387. The third kappa shape index (κ3) is 10.9. The Morgan fingerprint density at radius 3 is 1.32 bits per heavy atom. The van der Waals surface area contributed by atoms with Gasteiger partial charge in [-0.15, -0.1) is 0 Å². The van der Waals surface area contributed by atoms with Crippen molar-refractivity contribution in [1.29, 1.82) is 0 Å². The van der Waals surface area contributed by atoms with Gasteiger partial charge < -0.3 is 9.80 Å². The van der Waals surface area contributed by atoms with Crippen LogP contribution in [0.3, 0.4) is 0 Å². The third-order valence-corrected chi connectivity index (χ3v) is 8.88. The molecule has 3 nitrogen and oxygen atoms in total. The van der Waals surface area contributed by atoms with Gasteiger partial charge in [0.2, 0.25) is 0 Å². The molecule has 3 heterocycles. The van der Waals surface area contributed by atoms with E-state index in [0.29, 0.717) is 0 Å². The number of hydrogen-bond acceptors (Lipinski definition) is 3. The summed E-state index contributed by atoms with van der Waals surface area (Å²) in [6.07, 6.45) is 7.08. The zero-order valence-electron chi connectivity index (χ0n) is 25.6. The Hall–Kier alpha value is -0.120. The minimum absolute atomic E-state index is 0.734. The predicted octanol–water partition coefficient (Wildman–Crippen LogP) is 7.65. The van der Waals surface area contributed by atoms with E-state index in [-0.39, 0.29) is 0 Å². The largest absolute Gasteiger partial charge is 0.301 e. The van der Waals surface area contributed by atoms with Crippen LogP contribution in [-0.4, -0.2) is 71.6 Å². The number of likely N-dealkylation sites (tertiary alicyclic amines) is 3. The van der Waals surface area contributed by atoms with Crippen molar-refractivity contribution in [3.63, 3.8) is 0 Å². The lowest BCUT2D eigenvalue weighted by molar-refractivity contribution is 0.0408. The molecule has 0 saturated carbocycles. The predicted molar refractivity (Wildman–Crippen MR) is 154 cm³/mol. The van der Waals surface area contributed by atoms with Crippen molar-refractivity contribution in [3.8, 4) is 0 Å². The number of rotatable bonds is 6. The number of nitrogens with zero attached hydrogens (tertiary/aromatic N) is 3. The van der Waals surface area contributed by atoms with Crippen molar-refractivity contribution in [2.45, 2.75) is 139 Å².